The number of carbonyl (C=O) groups excluding carboxylic acids is 2. The second-order valence-corrected chi connectivity index (χ2v) is 8.24. The van der Waals surface area contributed by atoms with Crippen molar-refractivity contribution in [2.24, 2.45) is 0 Å². The van der Waals surface area contributed by atoms with Crippen molar-refractivity contribution in [1.82, 2.24) is 14.8 Å². The van der Waals surface area contributed by atoms with Crippen molar-refractivity contribution in [1.29, 1.82) is 0 Å². The van der Waals surface area contributed by atoms with Crippen molar-refractivity contribution in [3.63, 3.8) is 0 Å². The van der Waals surface area contributed by atoms with Gasteiger partial charge in [0.05, 0.1) is 0 Å². The first-order valence-corrected chi connectivity index (χ1v) is 9.54. The van der Waals surface area contributed by atoms with Crippen LogP contribution in [0.4, 0.5) is 4.79 Å². The minimum Gasteiger partial charge on any atom is -0.444 e. The van der Waals surface area contributed by atoms with Gasteiger partial charge in [0.1, 0.15) is 11.6 Å². The lowest BCUT2D eigenvalue weighted by molar-refractivity contribution is -0.139. The SMILES string of the molecule is CC(C)(C)OC(=O)N1CCCCC1C(=O)N(Cc1ccncc1)C1CC1. The van der Waals surface area contributed by atoms with Gasteiger partial charge in [-0.2, -0.15) is 0 Å². The number of likely N-dealkylation sites (tertiary alicyclic amines) is 1. The number of hydrogen-bond acceptors (Lipinski definition) is 4. The second-order valence-electron chi connectivity index (χ2n) is 8.24. The molecular weight excluding hydrogens is 330 g/mol. The molecule has 0 N–H and O–H groups in total. The molecule has 1 saturated carbocycles. The first-order valence-electron chi connectivity index (χ1n) is 9.54. The fraction of sp³-hybridized carbons (Fsp3) is 0.650. The molecule has 1 atom stereocenters. The normalized spacial score (nSPS) is 20.6. The van der Waals surface area contributed by atoms with Crippen LogP contribution in [-0.2, 0) is 16.1 Å². The van der Waals surface area contributed by atoms with Gasteiger partial charge in [0.15, 0.2) is 0 Å². The maximum absolute atomic E-state index is 13.3. The average molecular weight is 359 g/mol. The van der Waals surface area contributed by atoms with E-state index in [9.17, 15) is 9.59 Å². The zero-order valence-corrected chi connectivity index (χ0v) is 16.0. The number of nitrogens with zero attached hydrogens (tertiary/aromatic N) is 3. The minimum atomic E-state index is -0.560. The molecule has 2 amide bonds. The van der Waals surface area contributed by atoms with Crippen LogP contribution in [0.3, 0.4) is 0 Å². The highest BCUT2D eigenvalue weighted by atomic mass is 16.6. The third-order valence-electron chi connectivity index (χ3n) is 4.79. The highest BCUT2D eigenvalue weighted by Gasteiger charge is 2.41. The third kappa shape index (κ3) is 4.74. The first kappa shape index (κ1) is 18.7. The Morgan fingerprint density at radius 3 is 2.50 bits per heavy atom. The van der Waals surface area contributed by atoms with Crippen LogP contribution in [0.15, 0.2) is 24.5 Å². The fourth-order valence-electron chi connectivity index (χ4n) is 3.38. The van der Waals surface area contributed by atoms with E-state index in [0.29, 0.717) is 19.5 Å². The molecule has 1 aliphatic heterocycles. The van der Waals surface area contributed by atoms with Crippen molar-refractivity contribution < 1.29 is 14.3 Å². The summed E-state index contributed by atoms with van der Waals surface area (Å²) in [7, 11) is 0. The quantitative estimate of drug-likeness (QED) is 0.827. The first-order chi connectivity index (χ1) is 12.3. The lowest BCUT2D eigenvalue weighted by Gasteiger charge is -2.38. The number of carbonyl (C=O) groups is 2. The minimum absolute atomic E-state index is 0.0508. The Hall–Kier alpha value is -2.11. The summed E-state index contributed by atoms with van der Waals surface area (Å²) in [6.07, 6.45) is 7.77. The number of piperidine rings is 1. The molecule has 2 fully saturated rings. The molecular formula is C20H29N3O3. The van der Waals surface area contributed by atoms with Gasteiger partial charge in [-0.15, -0.1) is 0 Å². The van der Waals surface area contributed by atoms with E-state index in [1.165, 1.54) is 0 Å². The van der Waals surface area contributed by atoms with E-state index in [-0.39, 0.29) is 18.0 Å². The lowest BCUT2D eigenvalue weighted by Crippen LogP contribution is -2.54. The van der Waals surface area contributed by atoms with Gasteiger partial charge in [0, 0.05) is 31.5 Å². The monoisotopic (exact) mass is 359 g/mol. The van der Waals surface area contributed by atoms with Crippen molar-refractivity contribution in [2.75, 3.05) is 6.54 Å². The van der Waals surface area contributed by atoms with Crippen LogP contribution in [-0.4, -0.2) is 51.0 Å². The molecule has 0 radical (unpaired) electrons. The van der Waals surface area contributed by atoms with Crippen molar-refractivity contribution in [2.45, 2.75) is 77.1 Å². The van der Waals surface area contributed by atoms with E-state index in [4.69, 9.17) is 4.74 Å². The summed E-state index contributed by atoms with van der Waals surface area (Å²) in [5.74, 6) is 0.0508. The smallest absolute Gasteiger partial charge is 0.410 e. The van der Waals surface area contributed by atoms with Gasteiger partial charge in [0.25, 0.3) is 0 Å². The highest BCUT2D eigenvalue weighted by Crippen LogP contribution is 2.31. The lowest BCUT2D eigenvalue weighted by atomic mass is 10.0. The molecule has 0 bridgehead atoms. The van der Waals surface area contributed by atoms with E-state index in [0.717, 1.165) is 31.2 Å². The summed E-state index contributed by atoms with van der Waals surface area (Å²) >= 11 is 0. The van der Waals surface area contributed by atoms with Crippen molar-refractivity contribution >= 4 is 12.0 Å². The predicted molar refractivity (Wildman–Crippen MR) is 98.4 cm³/mol. The molecule has 2 aliphatic rings. The van der Waals surface area contributed by atoms with E-state index in [1.54, 1.807) is 17.3 Å². The van der Waals surface area contributed by atoms with Crippen LogP contribution in [0.25, 0.3) is 0 Å². The zero-order valence-electron chi connectivity index (χ0n) is 16.0. The van der Waals surface area contributed by atoms with E-state index >= 15 is 0 Å². The number of pyridine rings is 1. The number of rotatable bonds is 4. The molecule has 1 aliphatic carbocycles. The maximum Gasteiger partial charge on any atom is 0.410 e. The molecule has 0 spiro atoms. The third-order valence-corrected chi connectivity index (χ3v) is 4.79. The Kier molecular flexibility index (Phi) is 5.49. The molecule has 1 unspecified atom stereocenters. The Labute approximate surface area is 155 Å². The van der Waals surface area contributed by atoms with Crippen molar-refractivity contribution in [3.05, 3.63) is 30.1 Å². The van der Waals surface area contributed by atoms with Crippen LogP contribution in [0.1, 0.15) is 58.4 Å². The fourth-order valence-corrected chi connectivity index (χ4v) is 3.38. The molecule has 142 valence electrons. The topological polar surface area (TPSA) is 62.7 Å². The number of amides is 2. The molecule has 1 saturated heterocycles. The summed E-state index contributed by atoms with van der Waals surface area (Å²) in [6, 6.07) is 3.75. The molecule has 6 nitrogen and oxygen atoms in total. The Morgan fingerprint density at radius 2 is 1.88 bits per heavy atom. The Morgan fingerprint density at radius 1 is 1.19 bits per heavy atom. The largest absolute Gasteiger partial charge is 0.444 e. The van der Waals surface area contributed by atoms with Gasteiger partial charge in [-0.1, -0.05) is 0 Å². The van der Waals surface area contributed by atoms with Gasteiger partial charge in [-0.25, -0.2) is 4.79 Å². The summed E-state index contributed by atoms with van der Waals surface area (Å²) in [5, 5.41) is 0. The highest BCUT2D eigenvalue weighted by molar-refractivity contribution is 5.86. The summed E-state index contributed by atoms with van der Waals surface area (Å²) in [5.41, 5.74) is 0.509. The standard InChI is InChI=1S/C20H29N3O3/c1-20(2,3)26-19(25)22-13-5-4-6-17(22)18(24)23(16-7-8-16)14-15-9-11-21-12-10-15/h9-12,16-17H,4-8,13-14H2,1-3H3. The number of hydrogen-bond donors (Lipinski definition) is 0. The van der Waals surface area contributed by atoms with Gasteiger partial charge in [-0.3, -0.25) is 14.7 Å². The molecule has 2 heterocycles. The summed E-state index contributed by atoms with van der Waals surface area (Å²) in [6.45, 7) is 6.71. The molecule has 26 heavy (non-hydrogen) atoms. The molecule has 1 aromatic heterocycles. The van der Waals surface area contributed by atoms with Gasteiger partial charge < -0.3 is 9.64 Å². The zero-order chi connectivity index (χ0) is 18.7. The van der Waals surface area contributed by atoms with Crippen LogP contribution < -0.4 is 0 Å². The van der Waals surface area contributed by atoms with Gasteiger partial charge >= 0.3 is 6.09 Å². The van der Waals surface area contributed by atoms with E-state index in [2.05, 4.69) is 4.98 Å². The molecule has 3 rings (SSSR count). The van der Waals surface area contributed by atoms with Crippen LogP contribution in [0.5, 0.6) is 0 Å². The van der Waals surface area contributed by atoms with Gasteiger partial charge in [0.2, 0.25) is 5.91 Å². The number of ether oxygens (including phenoxy) is 1. The van der Waals surface area contributed by atoms with Crippen LogP contribution in [0, 0.1) is 0 Å². The maximum atomic E-state index is 13.3. The van der Waals surface area contributed by atoms with E-state index < -0.39 is 11.6 Å². The molecule has 6 heteroatoms. The van der Waals surface area contributed by atoms with Crippen LogP contribution >= 0.6 is 0 Å². The second kappa shape index (κ2) is 7.64. The summed E-state index contributed by atoms with van der Waals surface area (Å²) in [4.78, 5) is 33.6. The van der Waals surface area contributed by atoms with Crippen LogP contribution in [0.2, 0.25) is 0 Å². The average Bonchev–Trinajstić information content (AvgIpc) is 3.43. The van der Waals surface area contributed by atoms with Crippen molar-refractivity contribution in [3.8, 4) is 0 Å². The summed E-state index contributed by atoms with van der Waals surface area (Å²) < 4.78 is 5.54. The molecule has 1 aromatic rings. The van der Waals surface area contributed by atoms with E-state index in [1.807, 2.05) is 37.8 Å². The Bertz CT molecular complexity index is 637. The van der Waals surface area contributed by atoms with Gasteiger partial charge in [-0.05, 0) is 70.6 Å². The molecule has 0 aromatic carbocycles. The Balaban J connectivity index is 1.74. The number of aromatic nitrogens is 1. The predicted octanol–water partition coefficient (Wildman–Crippen LogP) is 3.36.